The van der Waals surface area contributed by atoms with E-state index in [1.165, 1.54) is 12.3 Å². The van der Waals surface area contributed by atoms with Crippen LogP contribution in [0.5, 0.6) is 0 Å². The smallest absolute Gasteiger partial charge is 0.345 e. The van der Waals surface area contributed by atoms with Crippen LogP contribution in [-0.4, -0.2) is 27.3 Å². The normalized spacial score (nSPS) is 16.9. The molecule has 29 heavy (non-hydrogen) atoms. The second kappa shape index (κ2) is 7.20. The van der Waals surface area contributed by atoms with Gasteiger partial charge in [-0.2, -0.15) is 18.4 Å². The molecule has 0 bridgehead atoms. The molecule has 148 valence electrons. The number of anilines is 1. The quantitative estimate of drug-likeness (QED) is 0.673. The Morgan fingerprint density at radius 2 is 2.00 bits per heavy atom. The highest BCUT2D eigenvalue weighted by atomic mass is 19.4. The van der Waals surface area contributed by atoms with Crippen LogP contribution in [0.3, 0.4) is 0 Å². The fourth-order valence-electron chi connectivity index (χ4n) is 3.77. The molecule has 1 aromatic carbocycles. The van der Waals surface area contributed by atoms with E-state index in [1.54, 1.807) is 35.2 Å². The Kier molecular flexibility index (Phi) is 4.70. The van der Waals surface area contributed by atoms with Gasteiger partial charge in [0.05, 0.1) is 22.5 Å². The summed E-state index contributed by atoms with van der Waals surface area (Å²) in [6, 6.07) is 11.1. The van der Waals surface area contributed by atoms with Gasteiger partial charge in [0.1, 0.15) is 24.3 Å². The third-order valence-corrected chi connectivity index (χ3v) is 4.96. The van der Waals surface area contributed by atoms with Crippen molar-refractivity contribution in [2.75, 3.05) is 11.4 Å². The summed E-state index contributed by atoms with van der Waals surface area (Å²) in [5, 5.41) is 9.53. The van der Waals surface area contributed by atoms with Crippen molar-refractivity contribution in [2.24, 2.45) is 0 Å². The van der Waals surface area contributed by atoms with Crippen LogP contribution in [0.2, 0.25) is 0 Å². The molecule has 6 nitrogen and oxygen atoms in total. The number of halogens is 3. The molecule has 1 atom stereocenters. The molecule has 1 aliphatic rings. The van der Waals surface area contributed by atoms with E-state index in [0.29, 0.717) is 40.9 Å². The number of benzene rings is 1. The Hall–Kier alpha value is -3.41. The maximum atomic E-state index is 13.3. The van der Waals surface area contributed by atoms with Crippen molar-refractivity contribution in [1.82, 2.24) is 14.5 Å². The minimum Gasteiger partial charge on any atom is -0.345 e. The lowest BCUT2D eigenvalue weighted by Crippen LogP contribution is -2.36. The number of alkyl halides is 3. The molecule has 3 heterocycles. The lowest BCUT2D eigenvalue weighted by molar-refractivity contribution is -0.141. The zero-order valence-electron chi connectivity index (χ0n) is 15.2. The van der Waals surface area contributed by atoms with Gasteiger partial charge in [0.15, 0.2) is 0 Å². The van der Waals surface area contributed by atoms with Crippen LogP contribution in [-0.2, 0) is 6.54 Å². The molecule has 0 amide bonds. The van der Waals surface area contributed by atoms with Crippen LogP contribution >= 0.6 is 0 Å². The molecular weight excluding hydrogens is 383 g/mol. The van der Waals surface area contributed by atoms with E-state index >= 15 is 0 Å². The average Bonchev–Trinajstić information content (AvgIpc) is 3.18. The summed E-state index contributed by atoms with van der Waals surface area (Å²) >= 11 is 0. The van der Waals surface area contributed by atoms with E-state index in [0.717, 1.165) is 0 Å². The van der Waals surface area contributed by atoms with Crippen LogP contribution < -0.4 is 10.5 Å². The third kappa shape index (κ3) is 3.53. The molecule has 1 aliphatic heterocycles. The Bertz CT molecular complexity index is 1170. The molecule has 0 saturated carbocycles. The predicted octanol–water partition coefficient (Wildman–Crippen LogP) is 3.57. The van der Waals surface area contributed by atoms with Gasteiger partial charge < -0.3 is 4.90 Å². The zero-order chi connectivity index (χ0) is 20.6. The Labute approximate surface area is 163 Å². The number of nitrogens with zero attached hydrogens (tertiary/aromatic N) is 5. The molecule has 0 spiro atoms. The first-order valence-corrected chi connectivity index (χ1v) is 9.07. The molecular formula is C20H16F3N5O. The summed E-state index contributed by atoms with van der Waals surface area (Å²) in [4.78, 5) is 23.4. The van der Waals surface area contributed by atoms with Gasteiger partial charge in [-0.15, -0.1) is 0 Å². The number of hydrogen-bond donors (Lipinski definition) is 0. The van der Waals surface area contributed by atoms with E-state index in [4.69, 9.17) is 0 Å². The SMILES string of the molecule is N#Cc1cccnc1N1CCCC1c1nc2ccccc2c(=O)n1CC(F)(F)F. The molecule has 4 rings (SSSR count). The predicted molar refractivity (Wildman–Crippen MR) is 100 cm³/mol. The van der Waals surface area contributed by atoms with Crippen molar-refractivity contribution in [3.05, 3.63) is 64.3 Å². The van der Waals surface area contributed by atoms with Gasteiger partial charge in [-0.3, -0.25) is 9.36 Å². The van der Waals surface area contributed by atoms with Crippen molar-refractivity contribution < 1.29 is 13.2 Å². The fraction of sp³-hybridized carbons (Fsp3) is 0.300. The second-order valence-corrected chi connectivity index (χ2v) is 6.83. The lowest BCUT2D eigenvalue weighted by Gasteiger charge is -2.28. The fourth-order valence-corrected chi connectivity index (χ4v) is 3.77. The summed E-state index contributed by atoms with van der Waals surface area (Å²) < 4.78 is 40.5. The number of fused-ring (bicyclic) bond motifs is 1. The summed E-state index contributed by atoms with van der Waals surface area (Å²) in [7, 11) is 0. The number of nitriles is 1. The monoisotopic (exact) mass is 399 g/mol. The van der Waals surface area contributed by atoms with E-state index in [-0.39, 0.29) is 11.2 Å². The Morgan fingerprint density at radius 3 is 2.76 bits per heavy atom. The van der Waals surface area contributed by atoms with Gasteiger partial charge in [-0.25, -0.2) is 9.97 Å². The number of pyridine rings is 1. The lowest BCUT2D eigenvalue weighted by atomic mass is 10.1. The topological polar surface area (TPSA) is 74.8 Å². The van der Waals surface area contributed by atoms with Crippen LogP contribution in [0.25, 0.3) is 10.9 Å². The summed E-state index contributed by atoms with van der Waals surface area (Å²) in [6.45, 7) is -0.915. The molecule has 1 fully saturated rings. The van der Waals surface area contributed by atoms with E-state index in [2.05, 4.69) is 16.0 Å². The van der Waals surface area contributed by atoms with Crippen LogP contribution in [0.1, 0.15) is 30.3 Å². The molecule has 9 heteroatoms. The van der Waals surface area contributed by atoms with Crippen molar-refractivity contribution in [1.29, 1.82) is 5.26 Å². The molecule has 1 saturated heterocycles. The van der Waals surface area contributed by atoms with E-state index < -0.39 is 24.3 Å². The second-order valence-electron chi connectivity index (χ2n) is 6.83. The molecule has 0 N–H and O–H groups in total. The van der Waals surface area contributed by atoms with Gasteiger partial charge >= 0.3 is 6.18 Å². The minimum absolute atomic E-state index is 0.0399. The molecule has 2 aromatic heterocycles. The standard InChI is InChI=1S/C20H16F3N5O/c21-20(22,23)12-28-18(26-15-7-2-1-6-14(15)19(28)29)16-8-4-10-27(16)17-13(11-24)5-3-9-25-17/h1-3,5-7,9,16H,4,8,10,12H2. The largest absolute Gasteiger partial charge is 0.406 e. The first-order valence-electron chi connectivity index (χ1n) is 9.07. The van der Waals surface area contributed by atoms with Gasteiger partial charge in [-0.05, 0) is 37.1 Å². The highest BCUT2D eigenvalue weighted by Gasteiger charge is 2.36. The zero-order valence-corrected chi connectivity index (χ0v) is 15.2. The molecule has 0 aliphatic carbocycles. The molecule has 1 unspecified atom stereocenters. The number of aromatic nitrogens is 3. The van der Waals surface area contributed by atoms with Crippen molar-refractivity contribution in [2.45, 2.75) is 31.6 Å². The number of hydrogen-bond acceptors (Lipinski definition) is 5. The van der Waals surface area contributed by atoms with E-state index in [1.807, 2.05) is 0 Å². The number of para-hydroxylation sites is 1. The van der Waals surface area contributed by atoms with Crippen molar-refractivity contribution >= 4 is 16.7 Å². The Morgan fingerprint density at radius 1 is 1.21 bits per heavy atom. The summed E-state index contributed by atoms with van der Waals surface area (Å²) in [5.41, 5.74) is -0.0551. The molecule has 3 aromatic rings. The highest BCUT2D eigenvalue weighted by Crippen LogP contribution is 2.36. The van der Waals surface area contributed by atoms with Crippen molar-refractivity contribution in [3.63, 3.8) is 0 Å². The highest BCUT2D eigenvalue weighted by molar-refractivity contribution is 5.77. The number of rotatable bonds is 3. The summed E-state index contributed by atoms with van der Waals surface area (Å²) in [6.07, 6.45) is -1.86. The van der Waals surface area contributed by atoms with Gasteiger partial charge in [0.25, 0.3) is 5.56 Å². The van der Waals surface area contributed by atoms with E-state index in [9.17, 15) is 23.2 Å². The third-order valence-electron chi connectivity index (χ3n) is 4.96. The van der Waals surface area contributed by atoms with Crippen LogP contribution in [0.4, 0.5) is 19.0 Å². The van der Waals surface area contributed by atoms with Gasteiger partial charge in [0, 0.05) is 12.7 Å². The van der Waals surface area contributed by atoms with Gasteiger partial charge in [0.2, 0.25) is 0 Å². The minimum atomic E-state index is -4.57. The first kappa shape index (κ1) is 18.9. The summed E-state index contributed by atoms with van der Waals surface area (Å²) in [5.74, 6) is 0.427. The van der Waals surface area contributed by atoms with Gasteiger partial charge in [-0.1, -0.05) is 12.1 Å². The Balaban J connectivity index is 1.91. The van der Waals surface area contributed by atoms with Crippen LogP contribution in [0.15, 0.2) is 47.4 Å². The maximum absolute atomic E-state index is 13.3. The average molecular weight is 399 g/mol. The van der Waals surface area contributed by atoms with Crippen LogP contribution in [0, 0.1) is 11.3 Å². The molecule has 0 radical (unpaired) electrons. The maximum Gasteiger partial charge on any atom is 0.406 e. The first-order chi connectivity index (χ1) is 13.9. The van der Waals surface area contributed by atoms with Crippen molar-refractivity contribution in [3.8, 4) is 6.07 Å².